The first-order chi connectivity index (χ1) is 6.25. The molecule has 0 aromatic carbocycles. The molecule has 78 valence electrons. The van der Waals surface area contributed by atoms with Crippen LogP contribution in [0.1, 0.15) is 26.7 Å². The lowest BCUT2D eigenvalue weighted by atomic mass is 9.95. The number of aliphatic hydroxyl groups is 1. The maximum atomic E-state index is 9.87. The molecule has 0 radical (unpaired) electrons. The summed E-state index contributed by atoms with van der Waals surface area (Å²) in [5, 5.41) is 9.87. The highest BCUT2D eigenvalue weighted by Crippen LogP contribution is 2.17. The van der Waals surface area contributed by atoms with Gasteiger partial charge in [-0.3, -0.25) is 0 Å². The summed E-state index contributed by atoms with van der Waals surface area (Å²) in [5.74, 6) is 0.302. The molecule has 13 heavy (non-hydrogen) atoms. The molecule has 3 heteroatoms. The number of hydrogen-bond acceptors (Lipinski definition) is 3. The zero-order valence-electron chi connectivity index (χ0n) is 8.53. The Morgan fingerprint density at radius 2 is 2.23 bits per heavy atom. The summed E-state index contributed by atoms with van der Waals surface area (Å²) < 4.78 is 10.7. The first-order valence-corrected chi connectivity index (χ1v) is 5.13. The third-order valence-corrected chi connectivity index (χ3v) is 2.55. The Hall–Kier alpha value is -0.120. The molecular weight excluding hydrogens is 168 g/mol. The predicted molar refractivity (Wildman–Crippen MR) is 50.6 cm³/mol. The van der Waals surface area contributed by atoms with Gasteiger partial charge in [0.1, 0.15) is 6.10 Å². The van der Waals surface area contributed by atoms with E-state index in [-0.39, 0.29) is 12.2 Å². The Kier molecular flexibility index (Phi) is 4.70. The average molecular weight is 188 g/mol. The Balaban J connectivity index is 2.31. The van der Waals surface area contributed by atoms with Gasteiger partial charge < -0.3 is 14.6 Å². The monoisotopic (exact) mass is 188 g/mol. The van der Waals surface area contributed by atoms with Gasteiger partial charge in [-0.05, 0) is 12.3 Å². The van der Waals surface area contributed by atoms with Gasteiger partial charge in [0.25, 0.3) is 0 Å². The van der Waals surface area contributed by atoms with Crippen LogP contribution in [0.15, 0.2) is 0 Å². The average Bonchev–Trinajstić information content (AvgIpc) is 2.18. The molecule has 3 atom stereocenters. The smallest absolute Gasteiger partial charge is 0.107 e. The van der Waals surface area contributed by atoms with Crippen LogP contribution in [-0.2, 0) is 9.47 Å². The van der Waals surface area contributed by atoms with Crippen molar-refractivity contribution in [2.45, 2.75) is 38.9 Å². The lowest BCUT2D eigenvalue weighted by Gasteiger charge is -2.30. The van der Waals surface area contributed by atoms with Gasteiger partial charge in [0.2, 0.25) is 0 Å². The first-order valence-electron chi connectivity index (χ1n) is 5.13. The Morgan fingerprint density at radius 1 is 1.46 bits per heavy atom. The van der Waals surface area contributed by atoms with Crippen LogP contribution >= 0.6 is 0 Å². The van der Waals surface area contributed by atoms with E-state index in [2.05, 4.69) is 13.8 Å². The zero-order chi connectivity index (χ0) is 9.68. The van der Waals surface area contributed by atoms with Crippen LogP contribution in [0.5, 0.6) is 0 Å². The topological polar surface area (TPSA) is 38.7 Å². The van der Waals surface area contributed by atoms with Crippen molar-refractivity contribution < 1.29 is 14.6 Å². The minimum Gasteiger partial charge on any atom is -0.390 e. The van der Waals surface area contributed by atoms with Crippen molar-refractivity contribution in [1.82, 2.24) is 0 Å². The summed E-state index contributed by atoms with van der Waals surface area (Å²) >= 11 is 0. The summed E-state index contributed by atoms with van der Waals surface area (Å²) in [7, 11) is 0. The van der Waals surface area contributed by atoms with Gasteiger partial charge in [0.05, 0.1) is 25.9 Å². The zero-order valence-corrected chi connectivity index (χ0v) is 8.53. The molecule has 3 unspecified atom stereocenters. The largest absolute Gasteiger partial charge is 0.390 e. The number of rotatable bonds is 4. The van der Waals surface area contributed by atoms with Crippen LogP contribution in [0.2, 0.25) is 0 Å². The molecule has 0 saturated carbocycles. The Labute approximate surface area is 80.0 Å². The second-order valence-corrected chi connectivity index (χ2v) is 3.74. The van der Waals surface area contributed by atoms with Crippen molar-refractivity contribution in [2.24, 2.45) is 5.92 Å². The molecule has 3 nitrogen and oxygen atoms in total. The van der Waals surface area contributed by atoms with E-state index in [1.807, 2.05) is 0 Å². The van der Waals surface area contributed by atoms with E-state index in [1.165, 1.54) is 0 Å². The van der Waals surface area contributed by atoms with Gasteiger partial charge in [-0.15, -0.1) is 0 Å². The van der Waals surface area contributed by atoms with E-state index >= 15 is 0 Å². The summed E-state index contributed by atoms with van der Waals surface area (Å²) in [6.45, 7) is 5.99. The highest BCUT2D eigenvalue weighted by atomic mass is 16.6. The van der Waals surface area contributed by atoms with Crippen LogP contribution in [0, 0.1) is 5.92 Å². The Morgan fingerprint density at radius 3 is 2.77 bits per heavy atom. The standard InChI is InChI=1S/C10H20O3/c1-3-4-8(2)10(11)9-7-12-5-6-13-9/h8-11H,3-7H2,1-2H3. The lowest BCUT2D eigenvalue weighted by Crippen LogP contribution is -2.41. The fourth-order valence-corrected chi connectivity index (χ4v) is 1.70. The molecule has 1 fully saturated rings. The quantitative estimate of drug-likeness (QED) is 0.720. The molecule has 0 aromatic rings. The maximum Gasteiger partial charge on any atom is 0.107 e. The normalized spacial score (nSPS) is 28.4. The lowest BCUT2D eigenvalue weighted by molar-refractivity contribution is -0.143. The van der Waals surface area contributed by atoms with E-state index in [4.69, 9.17) is 9.47 Å². The molecule has 0 spiro atoms. The summed E-state index contributed by atoms with van der Waals surface area (Å²) in [4.78, 5) is 0. The van der Waals surface area contributed by atoms with Crippen molar-refractivity contribution in [1.29, 1.82) is 0 Å². The molecule has 1 saturated heterocycles. The fraction of sp³-hybridized carbons (Fsp3) is 1.00. The van der Waals surface area contributed by atoms with E-state index in [0.29, 0.717) is 25.7 Å². The molecule has 1 aliphatic rings. The van der Waals surface area contributed by atoms with Crippen molar-refractivity contribution >= 4 is 0 Å². The third-order valence-electron chi connectivity index (χ3n) is 2.55. The van der Waals surface area contributed by atoms with Crippen molar-refractivity contribution in [3.63, 3.8) is 0 Å². The molecule has 0 aromatic heterocycles. The van der Waals surface area contributed by atoms with E-state index < -0.39 is 0 Å². The van der Waals surface area contributed by atoms with E-state index in [1.54, 1.807) is 0 Å². The molecular formula is C10H20O3. The van der Waals surface area contributed by atoms with Crippen LogP contribution in [0.25, 0.3) is 0 Å². The fourth-order valence-electron chi connectivity index (χ4n) is 1.70. The SMILES string of the molecule is CCCC(C)C(O)C1COCCO1. The van der Waals surface area contributed by atoms with Gasteiger partial charge >= 0.3 is 0 Å². The number of ether oxygens (including phenoxy) is 2. The van der Waals surface area contributed by atoms with E-state index in [0.717, 1.165) is 12.8 Å². The van der Waals surface area contributed by atoms with Gasteiger partial charge in [0.15, 0.2) is 0 Å². The minimum absolute atomic E-state index is 0.115. The van der Waals surface area contributed by atoms with Crippen LogP contribution < -0.4 is 0 Å². The van der Waals surface area contributed by atoms with Crippen LogP contribution in [-0.4, -0.2) is 37.1 Å². The molecule has 1 rings (SSSR count). The Bertz CT molecular complexity index is 132. The van der Waals surface area contributed by atoms with Gasteiger partial charge in [-0.2, -0.15) is 0 Å². The molecule has 0 amide bonds. The molecule has 0 aliphatic carbocycles. The predicted octanol–water partition coefficient (Wildman–Crippen LogP) is 1.20. The molecule has 1 aliphatic heterocycles. The second-order valence-electron chi connectivity index (χ2n) is 3.74. The first kappa shape index (κ1) is 11.0. The number of aliphatic hydroxyl groups excluding tert-OH is 1. The van der Waals surface area contributed by atoms with Crippen molar-refractivity contribution in [3.05, 3.63) is 0 Å². The van der Waals surface area contributed by atoms with Gasteiger partial charge in [0, 0.05) is 0 Å². The van der Waals surface area contributed by atoms with Crippen LogP contribution in [0.3, 0.4) is 0 Å². The second kappa shape index (κ2) is 5.58. The summed E-state index contributed by atoms with van der Waals surface area (Å²) in [6, 6.07) is 0. The molecule has 1 heterocycles. The number of hydrogen-bond donors (Lipinski definition) is 1. The maximum absolute atomic E-state index is 9.87. The summed E-state index contributed by atoms with van der Waals surface area (Å²) in [5.41, 5.74) is 0. The molecule has 1 N–H and O–H groups in total. The summed E-state index contributed by atoms with van der Waals surface area (Å²) in [6.07, 6.45) is 1.66. The van der Waals surface area contributed by atoms with Crippen molar-refractivity contribution in [2.75, 3.05) is 19.8 Å². The molecule has 0 bridgehead atoms. The highest BCUT2D eigenvalue weighted by molar-refractivity contribution is 4.75. The van der Waals surface area contributed by atoms with Crippen molar-refractivity contribution in [3.8, 4) is 0 Å². The highest BCUT2D eigenvalue weighted by Gasteiger charge is 2.27. The van der Waals surface area contributed by atoms with Crippen LogP contribution in [0.4, 0.5) is 0 Å². The van der Waals surface area contributed by atoms with Gasteiger partial charge in [-0.1, -0.05) is 20.3 Å². The minimum atomic E-state index is -0.375. The third kappa shape index (κ3) is 3.25. The van der Waals surface area contributed by atoms with Gasteiger partial charge in [-0.25, -0.2) is 0 Å². The van der Waals surface area contributed by atoms with E-state index in [9.17, 15) is 5.11 Å².